The number of hydrogen-bond acceptors (Lipinski definition) is 3. The topological polar surface area (TPSA) is 38.5 Å². The van der Waals surface area contributed by atoms with E-state index in [0.29, 0.717) is 12.1 Å². The zero-order valence-corrected chi connectivity index (χ0v) is 11.3. The van der Waals surface area contributed by atoms with Gasteiger partial charge in [-0.15, -0.1) is 0 Å². The molecule has 1 heterocycles. The van der Waals surface area contributed by atoms with Crippen molar-refractivity contribution < 1.29 is 13.5 Å². The second kappa shape index (κ2) is 5.94. The first-order chi connectivity index (χ1) is 9.01. The van der Waals surface area contributed by atoms with Gasteiger partial charge in [0.15, 0.2) is 11.6 Å². The van der Waals surface area contributed by atoms with Crippen LogP contribution in [0.15, 0.2) is 18.2 Å². The molecule has 2 rings (SSSR count). The van der Waals surface area contributed by atoms with Crippen LogP contribution in [0.3, 0.4) is 0 Å². The summed E-state index contributed by atoms with van der Waals surface area (Å²) in [4.78, 5) is 2.17. The standard InChI is InChI=1S/C14H20F2N2O/c1-9-7-18(8-10(2)19-9)14(6-17)11-3-4-12(15)13(16)5-11/h3-5,9-10,14H,6-8,17H2,1-2H3/t9-,10+,14?. The first-order valence-corrected chi connectivity index (χ1v) is 6.55. The maximum absolute atomic E-state index is 13.3. The first kappa shape index (κ1) is 14.4. The Bertz CT molecular complexity index is 431. The highest BCUT2D eigenvalue weighted by Crippen LogP contribution is 2.25. The fourth-order valence-corrected chi connectivity index (χ4v) is 2.69. The van der Waals surface area contributed by atoms with Gasteiger partial charge in [0.2, 0.25) is 0 Å². The maximum atomic E-state index is 13.3. The van der Waals surface area contributed by atoms with Crippen molar-refractivity contribution in [1.29, 1.82) is 0 Å². The Hall–Kier alpha value is -1.04. The van der Waals surface area contributed by atoms with E-state index in [1.165, 1.54) is 6.07 Å². The van der Waals surface area contributed by atoms with E-state index < -0.39 is 11.6 Å². The number of benzene rings is 1. The lowest BCUT2D eigenvalue weighted by Gasteiger charge is -2.40. The predicted molar refractivity (Wildman–Crippen MR) is 69.7 cm³/mol. The van der Waals surface area contributed by atoms with Crippen molar-refractivity contribution in [2.75, 3.05) is 19.6 Å². The summed E-state index contributed by atoms with van der Waals surface area (Å²) < 4.78 is 32.0. The Balaban J connectivity index is 2.21. The minimum absolute atomic E-state index is 0.108. The zero-order chi connectivity index (χ0) is 14.0. The molecule has 0 saturated carbocycles. The van der Waals surface area contributed by atoms with Gasteiger partial charge in [-0.05, 0) is 31.5 Å². The van der Waals surface area contributed by atoms with Crippen LogP contribution in [0.5, 0.6) is 0 Å². The Morgan fingerprint density at radius 1 is 1.26 bits per heavy atom. The summed E-state index contributed by atoms with van der Waals surface area (Å²) in [5.74, 6) is -1.66. The quantitative estimate of drug-likeness (QED) is 0.914. The SMILES string of the molecule is C[C@@H]1CN(C(CN)c2ccc(F)c(F)c2)C[C@H](C)O1. The van der Waals surface area contributed by atoms with Crippen LogP contribution in [0.4, 0.5) is 8.78 Å². The van der Waals surface area contributed by atoms with Crippen molar-refractivity contribution in [2.24, 2.45) is 5.73 Å². The normalized spacial score (nSPS) is 26.4. The summed E-state index contributed by atoms with van der Waals surface area (Å²) in [5, 5.41) is 0. The lowest BCUT2D eigenvalue weighted by molar-refractivity contribution is -0.0799. The molecule has 1 unspecified atom stereocenters. The van der Waals surface area contributed by atoms with E-state index >= 15 is 0 Å². The van der Waals surface area contributed by atoms with E-state index in [0.717, 1.165) is 19.2 Å². The smallest absolute Gasteiger partial charge is 0.159 e. The molecule has 1 saturated heterocycles. The molecule has 0 aliphatic carbocycles. The van der Waals surface area contributed by atoms with Crippen molar-refractivity contribution in [3.05, 3.63) is 35.4 Å². The number of nitrogens with zero attached hydrogens (tertiary/aromatic N) is 1. The summed E-state index contributed by atoms with van der Waals surface area (Å²) >= 11 is 0. The van der Waals surface area contributed by atoms with Crippen molar-refractivity contribution >= 4 is 0 Å². The molecule has 19 heavy (non-hydrogen) atoms. The Kier molecular flexibility index (Phi) is 4.50. The largest absolute Gasteiger partial charge is 0.373 e. The third-order valence-electron chi connectivity index (χ3n) is 3.44. The van der Waals surface area contributed by atoms with E-state index in [4.69, 9.17) is 10.5 Å². The summed E-state index contributed by atoms with van der Waals surface area (Å²) in [6.45, 7) is 5.85. The summed E-state index contributed by atoms with van der Waals surface area (Å²) in [6, 6.07) is 3.88. The van der Waals surface area contributed by atoms with E-state index in [2.05, 4.69) is 4.90 Å². The van der Waals surface area contributed by atoms with Gasteiger partial charge in [-0.1, -0.05) is 6.07 Å². The van der Waals surface area contributed by atoms with Gasteiger partial charge in [0.1, 0.15) is 0 Å². The number of halogens is 2. The molecule has 0 bridgehead atoms. The van der Waals surface area contributed by atoms with Crippen LogP contribution in [0.1, 0.15) is 25.5 Å². The van der Waals surface area contributed by atoms with Gasteiger partial charge in [0, 0.05) is 25.7 Å². The molecule has 3 atom stereocenters. The minimum Gasteiger partial charge on any atom is -0.373 e. The molecule has 5 heteroatoms. The number of morpholine rings is 1. The molecule has 0 spiro atoms. The highest BCUT2D eigenvalue weighted by atomic mass is 19.2. The van der Waals surface area contributed by atoms with E-state index in [1.807, 2.05) is 13.8 Å². The molecule has 0 aromatic heterocycles. The summed E-state index contributed by atoms with van der Waals surface area (Å²) in [7, 11) is 0. The second-order valence-corrected chi connectivity index (χ2v) is 5.14. The summed E-state index contributed by atoms with van der Waals surface area (Å²) in [6.07, 6.45) is 0.228. The Morgan fingerprint density at radius 2 is 1.89 bits per heavy atom. The molecular weight excluding hydrogens is 250 g/mol. The van der Waals surface area contributed by atoms with Crippen LogP contribution in [0, 0.1) is 11.6 Å². The van der Waals surface area contributed by atoms with Gasteiger partial charge in [0.25, 0.3) is 0 Å². The zero-order valence-electron chi connectivity index (χ0n) is 11.3. The van der Waals surface area contributed by atoms with Crippen LogP contribution >= 0.6 is 0 Å². The van der Waals surface area contributed by atoms with Crippen LogP contribution in [-0.4, -0.2) is 36.7 Å². The average Bonchev–Trinajstić information content (AvgIpc) is 2.33. The summed E-state index contributed by atoms with van der Waals surface area (Å²) in [5.41, 5.74) is 6.53. The minimum atomic E-state index is -0.830. The predicted octanol–water partition coefficient (Wildman–Crippen LogP) is 2.07. The van der Waals surface area contributed by atoms with Crippen LogP contribution in [0.2, 0.25) is 0 Å². The molecule has 1 aromatic rings. The van der Waals surface area contributed by atoms with Crippen LogP contribution in [0.25, 0.3) is 0 Å². The molecule has 1 aliphatic rings. The van der Waals surface area contributed by atoms with E-state index in [-0.39, 0.29) is 18.2 Å². The molecule has 106 valence electrons. The third kappa shape index (κ3) is 3.29. The van der Waals surface area contributed by atoms with Crippen molar-refractivity contribution in [3.8, 4) is 0 Å². The first-order valence-electron chi connectivity index (χ1n) is 6.55. The van der Waals surface area contributed by atoms with Crippen molar-refractivity contribution in [1.82, 2.24) is 4.90 Å². The highest BCUT2D eigenvalue weighted by Gasteiger charge is 2.28. The van der Waals surface area contributed by atoms with Crippen molar-refractivity contribution in [2.45, 2.75) is 32.1 Å². The number of hydrogen-bond donors (Lipinski definition) is 1. The van der Waals surface area contributed by atoms with E-state index in [9.17, 15) is 8.78 Å². The van der Waals surface area contributed by atoms with Gasteiger partial charge < -0.3 is 10.5 Å². The van der Waals surface area contributed by atoms with Gasteiger partial charge in [-0.3, -0.25) is 4.90 Å². The Morgan fingerprint density at radius 3 is 2.42 bits per heavy atom. The molecular formula is C14H20F2N2O. The van der Waals surface area contributed by atoms with Gasteiger partial charge in [-0.2, -0.15) is 0 Å². The van der Waals surface area contributed by atoms with Crippen LogP contribution < -0.4 is 5.73 Å². The highest BCUT2D eigenvalue weighted by molar-refractivity contribution is 5.22. The number of rotatable bonds is 3. The second-order valence-electron chi connectivity index (χ2n) is 5.14. The molecule has 1 aliphatic heterocycles. The Labute approximate surface area is 112 Å². The lowest BCUT2D eigenvalue weighted by atomic mass is 10.0. The average molecular weight is 270 g/mol. The molecule has 0 radical (unpaired) electrons. The monoisotopic (exact) mass is 270 g/mol. The maximum Gasteiger partial charge on any atom is 0.159 e. The molecule has 1 fully saturated rings. The molecule has 0 amide bonds. The fourth-order valence-electron chi connectivity index (χ4n) is 2.69. The number of ether oxygens (including phenoxy) is 1. The molecule has 2 N–H and O–H groups in total. The third-order valence-corrected chi connectivity index (χ3v) is 3.44. The van der Waals surface area contributed by atoms with Gasteiger partial charge in [-0.25, -0.2) is 8.78 Å². The lowest BCUT2D eigenvalue weighted by Crippen LogP contribution is -2.48. The van der Waals surface area contributed by atoms with Crippen molar-refractivity contribution in [3.63, 3.8) is 0 Å². The van der Waals surface area contributed by atoms with Gasteiger partial charge >= 0.3 is 0 Å². The molecule has 1 aromatic carbocycles. The number of nitrogens with two attached hydrogens (primary N) is 1. The van der Waals surface area contributed by atoms with Gasteiger partial charge in [0.05, 0.1) is 12.2 Å². The van der Waals surface area contributed by atoms with E-state index in [1.54, 1.807) is 6.07 Å². The molecule has 3 nitrogen and oxygen atoms in total. The van der Waals surface area contributed by atoms with Crippen LogP contribution in [-0.2, 0) is 4.74 Å². The fraction of sp³-hybridized carbons (Fsp3) is 0.571.